The van der Waals surface area contributed by atoms with Gasteiger partial charge in [0.15, 0.2) is 0 Å². The highest BCUT2D eigenvalue weighted by atomic mass is 79.9. The van der Waals surface area contributed by atoms with Crippen LogP contribution in [0.15, 0.2) is 53.5 Å². The first-order valence-electron chi connectivity index (χ1n) is 9.82. The zero-order chi connectivity index (χ0) is 20.9. The van der Waals surface area contributed by atoms with Crippen LogP contribution in [0.2, 0.25) is 5.02 Å². The minimum absolute atomic E-state index is 0.452. The number of nitrogens with zero attached hydrogens (tertiary/aromatic N) is 1. The van der Waals surface area contributed by atoms with Gasteiger partial charge in [-0.2, -0.15) is 0 Å². The highest BCUT2D eigenvalue weighted by Gasteiger charge is 2.27. The number of halogens is 2. The normalized spacial score (nSPS) is 14.3. The van der Waals surface area contributed by atoms with Crippen molar-refractivity contribution in [1.82, 2.24) is 5.32 Å². The van der Waals surface area contributed by atoms with Gasteiger partial charge in [0.2, 0.25) is 0 Å². The Labute approximate surface area is 187 Å². The monoisotopic (exact) mass is 479 g/mol. The molecule has 1 saturated heterocycles. The molecule has 1 fully saturated rings. The van der Waals surface area contributed by atoms with E-state index in [2.05, 4.69) is 54.1 Å². The van der Waals surface area contributed by atoms with Crippen LogP contribution in [0.25, 0.3) is 0 Å². The van der Waals surface area contributed by atoms with Crippen molar-refractivity contribution >= 4 is 27.5 Å². The minimum Gasteiger partial charge on any atom is -0.489 e. The molecular formula is C23H29BrClN2O2+. The third-order valence-corrected chi connectivity index (χ3v) is 5.92. The lowest BCUT2D eigenvalue weighted by molar-refractivity contribution is -0.907. The molecule has 156 valence electrons. The molecule has 1 heterocycles. The smallest absolute Gasteiger partial charge is 0.124 e. The Morgan fingerprint density at radius 1 is 1.17 bits per heavy atom. The number of ether oxygens (including phenoxy) is 2. The summed E-state index contributed by atoms with van der Waals surface area (Å²) in [6.45, 7) is 8.97. The van der Waals surface area contributed by atoms with Crippen molar-refractivity contribution < 1.29 is 14.0 Å². The summed E-state index contributed by atoms with van der Waals surface area (Å²) in [4.78, 5) is 0. The summed E-state index contributed by atoms with van der Waals surface area (Å²) >= 11 is 9.59. The molecule has 1 aliphatic rings. The van der Waals surface area contributed by atoms with Crippen molar-refractivity contribution in [2.24, 2.45) is 5.92 Å². The van der Waals surface area contributed by atoms with Crippen LogP contribution >= 0.6 is 27.5 Å². The highest BCUT2D eigenvalue weighted by Crippen LogP contribution is 2.28. The molecular weight excluding hydrogens is 452 g/mol. The number of nitrogens with one attached hydrogen (secondary N) is 1. The molecule has 0 aliphatic carbocycles. The van der Waals surface area contributed by atoms with Gasteiger partial charge in [-0.3, -0.25) is 0 Å². The van der Waals surface area contributed by atoms with Gasteiger partial charge in [0.1, 0.15) is 31.3 Å². The zero-order valence-electron chi connectivity index (χ0n) is 17.1. The Hall–Kier alpha value is -1.53. The second kappa shape index (κ2) is 9.98. The molecule has 6 heteroatoms. The summed E-state index contributed by atoms with van der Waals surface area (Å²) in [5.74, 6) is 2.36. The van der Waals surface area contributed by atoms with E-state index < -0.39 is 0 Å². The van der Waals surface area contributed by atoms with Gasteiger partial charge in [0.05, 0.1) is 20.6 Å². The van der Waals surface area contributed by atoms with Crippen molar-refractivity contribution in [3.63, 3.8) is 0 Å². The molecule has 0 saturated carbocycles. The number of hydrogen-bond acceptors (Lipinski definition) is 3. The lowest BCUT2D eigenvalue weighted by Crippen LogP contribution is -2.53. The molecule has 0 unspecified atom stereocenters. The molecule has 0 aromatic heterocycles. The fourth-order valence-corrected chi connectivity index (χ4v) is 4.38. The first-order valence-corrected chi connectivity index (χ1v) is 11.0. The van der Waals surface area contributed by atoms with Gasteiger partial charge >= 0.3 is 0 Å². The van der Waals surface area contributed by atoms with E-state index in [1.807, 2.05) is 24.3 Å². The highest BCUT2D eigenvalue weighted by molar-refractivity contribution is 9.10. The van der Waals surface area contributed by atoms with E-state index in [4.69, 9.17) is 21.1 Å². The van der Waals surface area contributed by atoms with E-state index in [9.17, 15) is 0 Å². The third-order valence-electron chi connectivity index (χ3n) is 4.95. The molecule has 0 atom stereocenters. The molecule has 3 rings (SSSR count). The van der Waals surface area contributed by atoms with Crippen LogP contribution in [-0.4, -0.2) is 44.8 Å². The summed E-state index contributed by atoms with van der Waals surface area (Å²) in [6.07, 6.45) is 1.75. The van der Waals surface area contributed by atoms with Gasteiger partial charge in [-0.25, -0.2) is 0 Å². The molecule has 0 spiro atoms. The Bertz CT molecular complexity index is 853. The SMILES string of the molecule is C=CCOc1cc(C[N+](C)(C)CC2CNC2)cc(OCc2ccc(Cl)cc2Br)c1. The topological polar surface area (TPSA) is 30.5 Å². The van der Waals surface area contributed by atoms with Crippen molar-refractivity contribution in [3.05, 3.63) is 69.7 Å². The van der Waals surface area contributed by atoms with Gasteiger partial charge in [-0.15, -0.1) is 0 Å². The second-order valence-corrected chi connectivity index (χ2v) is 9.53. The van der Waals surface area contributed by atoms with Crippen LogP contribution in [0, 0.1) is 5.92 Å². The van der Waals surface area contributed by atoms with Gasteiger partial charge in [-0.05, 0) is 24.3 Å². The Morgan fingerprint density at radius 2 is 1.90 bits per heavy atom. The van der Waals surface area contributed by atoms with Gasteiger partial charge in [0.25, 0.3) is 0 Å². The fraction of sp³-hybridized carbons (Fsp3) is 0.391. The quantitative estimate of drug-likeness (QED) is 0.382. The van der Waals surface area contributed by atoms with Gasteiger partial charge in [0, 0.05) is 45.7 Å². The summed E-state index contributed by atoms with van der Waals surface area (Å²) < 4.78 is 13.8. The first-order chi connectivity index (χ1) is 13.8. The largest absolute Gasteiger partial charge is 0.489 e. The van der Waals surface area contributed by atoms with Crippen LogP contribution in [-0.2, 0) is 13.2 Å². The predicted molar refractivity (Wildman–Crippen MR) is 123 cm³/mol. The minimum atomic E-state index is 0.452. The number of rotatable bonds is 10. The molecule has 29 heavy (non-hydrogen) atoms. The molecule has 1 N–H and O–H groups in total. The van der Waals surface area contributed by atoms with Crippen molar-refractivity contribution in [1.29, 1.82) is 0 Å². The Kier molecular flexibility index (Phi) is 7.63. The lowest BCUT2D eigenvalue weighted by Gasteiger charge is -2.37. The summed E-state index contributed by atoms with van der Waals surface area (Å²) in [5, 5.41) is 4.06. The average Bonchev–Trinajstić information content (AvgIpc) is 2.62. The van der Waals surface area contributed by atoms with Gasteiger partial charge in [-0.1, -0.05) is 46.3 Å². The third kappa shape index (κ3) is 6.75. The summed E-state index contributed by atoms with van der Waals surface area (Å²) in [5.41, 5.74) is 2.25. The molecule has 0 bridgehead atoms. The van der Waals surface area contributed by atoms with E-state index in [-0.39, 0.29) is 0 Å². The molecule has 2 aromatic rings. The van der Waals surface area contributed by atoms with Crippen LogP contribution in [0.3, 0.4) is 0 Å². The maximum absolute atomic E-state index is 6.11. The molecule has 0 amide bonds. The maximum atomic E-state index is 6.11. The van der Waals surface area contributed by atoms with Crippen molar-refractivity contribution in [2.75, 3.05) is 40.3 Å². The first kappa shape index (κ1) is 22.2. The Morgan fingerprint density at radius 3 is 2.52 bits per heavy atom. The standard InChI is InChI=1S/C23H29BrClN2O2/c1-4-7-28-21-8-17(14-27(2,3)15-18-12-26-13-18)9-22(11-21)29-16-19-5-6-20(25)10-23(19)24/h4-6,8-11,18,26H,1,7,12-16H2,2-3H3/q+1. The second-order valence-electron chi connectivity index (χ2n) is 8.24. The van der Waals surface area contributed by atoms with Crippen molar-refractivity contribution in [3.8, 4) is 11.5 Å². The summed E-state index contributed by atoms with van der Waals surface area (Å²) in [6, 6.07) is 11.9. The Balaban J connectivity index is 1.74. The molecule has 4 nitrogen and oxygen atoms in total. The number of hydrogen-bond donors (Lipinski definition) is 1. The van der Waals surface area contributed by atoms with E-state index in [0.29, 0.717) is 18.2 Å². The number of quaternary nitrogens is 1. The average molecular weight is 481 g/mol. The van der Waals surface area contributed by atoms with Crippen LogP contribution in [0.4, 0.5) is 0 Å². The van der Waals surface area contributed by atoms with Crippen molar-refractivity contribution in [2.45, 2.75) is 13.2 Å². The van der Waals surface area contributed by atoms with Crippen LogP contribution in [0.5, 0.6) is 11.5 Å². The van der Waals surface area contributed by atoms with Gasteiger partial charge < -0.3 is 19.3 Å². The molecule has 2 aromatic carbocycles. The zero-order valence-corrected chi connectivity index (χ0v) is 19.4. The number of benzene rings is 2. The van der Waals surface area contributed by atoms with E-state index in [1.165, 1.54) is 5.56 Å². The van der Waals surface area contributed by atoms with Crippen LogP contribution in [0.1, 0.15) is 11.1 Å². The fourth-order valence-electron chi connectivity index (χ4n) is 3.58. The molecule has 0 radical (unpaired) electrons. The lowest BCUT2D eigenvalue weighted by atomic mass is 10.0. The molecule has 1 aliphatic heterocycles. The maximum Gasteiger partial charge on any atom is 0.124 e. The summed E-state index contributed by atoms with van der Waals surface area (Å²) in [7, 11) is 4.56. The van der Waals surface area contributed by atoms with E-state index >= 15 is 0 Å². The predicted octanol–water partition coefficient (Wildman–Crippen LogP) is 5.04. The van der Waals surface area contributed by atoms with Crippen LogP contribution < -0.4 is 14.8 Å². The van der Waals surface area contributed by atoms with E-state index in [0.717, 1.165) is 58.1 Å². The van der Waals surface area contributed by atoms with E-state index in [1.54, 1.807) is 6.08 Å².